The van der Waals surface area contributed by atoms with E-state index in [1.54, 1.807) is 12.4 Å². The topological polar surface area (TPSA) is 54.0 Å². The zero-order valence-corrected chi connectivity index (χ0v) is 9.87. The van der Waals surface area contributed by atoms with Crippen LogP contribution in [0, 0.1) is 6.92 Å². The lowest BCUT2D eigenvalue weighted by molar-refractivity contribution is 0.255. The van der Waals surface area contributed by atoms with Crippen LogP contribution in [0.15, 0.2) is 30.1 Å². The molecule has 1 aromatic heterocycles. The number of hydrogen-bond acceptors (Lipinski definition) is 2. The number of pyridine rings is 1. The van der Waals surface area contributed by atoms with Crippen molar-refractivity contribution in [3.8, 4) is 0 Å². The van der Waals surface area contributed by atoms with Crippen molar-refractivity contribution in [2.24, 2.45) is 0 Å². The van der Waals surface area contributed by atoms with Crippen molar-refractivity contribution >= 4 is 11.7 Å². The molecule has 2 N–H and O–H groups in total. The van der Waals surface area contributed by atoms with E-state index in [1.807, 2.05) is 32.9 Å². The number of aryl methyl sites for hydroxylation is 1. The third-order valence-corrected chi connectivity index (χ3v) is 2.18. The Bertz CT molecular complexity index is 382. The third-order valence-electron chi connectivity index (χ3n) is 2.18. The normalized spacial score (nSPS) is 11.1. The van der Waals surface area contributed by atoms with Crippen molar-refractivity contribution in [3.05, 3.63) is 35.8 Å². The molecule has 0 aromatic carbocycles. The molecule has 0 spiro atoms. The summed E-state index contributed by atoms with van der Waals surface area (Å²) in [6, 6.07) is 3.42. The number of urea groups is 1. The van der Waals surface area contributed by atoms with Gasteiger partial charge in [-0.3, -0.25) is 4.98 Å². The van der Waals surface area contributed by atoms with Gasteiger partial charge in [0.1, 0.15) is 0 Å². The van der Waals surface area contributed by atoms with Crippen LogP contribution >= 0.6 is 0 Å². The van der Waals surface area contributed by atoms with E-state index in [1.165, 1.54) is 0 Å². The molecular formula is C12H17N3O. The predicted octanol–water partition coefficient (Wildman–Crippen LogP) is 2.83. The number of rotatable bonds is 3. The van der Waals surface area contributed by atoms with Gasteiger partial charge in [-0.25, -0.2) is 4.79 Å². The van der Waals surface area contributed by atoms with Gasteiger partial charge in [0.25, 0.3) is 0 Å². The summed E-state index contributed by atoms with van der Waals surface area (Å²) in [5, 5.41) is 5.35. The van der Waals surface area contributed by atoms with E-state index in [-0.39, 0.29) is 6.03 Å². The molecule has 0 radical (unpaired) electrons. The minimum Gasteiger partial charge on any atom is -0.314 e. The van der Waals surface area contributed by atoms with Crippen molar-refractivity contribution in [3.63, 3.8) is 0 Å². The van der Waals surface area contributed by atoms with E-state index in [2.05, 4.69) is 15.6 Å². The first-order valence-corrected chi connectivity index (χ1v) is 5.27. The molecule has 0 saturated carbocycles. The Morgan fingerprint density at radius 2 is 2.25 bits per heavy atom. The number of amides is 2. The first kappa shape index (κ1) is 12.2. The fourth-order valence-electron chi connectivity index (χ4n) is 1.000. The van der Waals surface area contributed by atoms with Gasteiger partial charge in [0.05, 0.1) is 11.9 Å². The number of anilines is 1. The van der Waals surface area contributed by atoms with Crippen molar-refractivity contribution in [1.29, 1.82) is 0 Å². The van der Waals surface area contributed by atoms with Gasteiger partial charge in [-0.1, -0.05) is 12.5 Å². The van der Waals surface area contributed by atoms with Crippen LogP contribution in [-0.4, -0.2) is 11.0 Å². The number of hydrogen-bond donors (Lipinski definition) is 2. The highest BCUT2D eigenvalue weighted by Crippen LogP contribution is 2.04. The molecule has 4 nitrogen and oxygen atoms in total. The molecule has 0 fully saturated rings. The van der Waals surface area contributed by atoms with E-state index in [9.17, 15) is 4.79 Å². The molecule has 1 heterocycles. The zero-order chi connectivity index (χ0) is 12.0. The summed E-state index contributed by atoms with van der Waals surface area (Å²) in [7, 11) is 0. The van der Waals surface area contributed by atoms with Gasteiger partial charge in [0.15, 0.2) is 0 Å². The second-order valence-corrected chi connectivity index (χ2v) is 3.63. The van der Waals surface area contributed by atoms with Gasteiger partial charge < -0.3 is 10.6 Å². The van der Waals surface area contributed by atoms with Crippen LogP contribution in [-0.2, 0) is 0 Å². The lowest BCUT2D eigenvalue weighted by atomic mass is 10.3. The number of nitrogens with one attached hydrogen (secondary N) is 2. The Balaban J connectivity index is 2.49. The number of carbonyl (C=O) groups excluding carboxylic acids is 1. The smallest absolute Gasteiger partial charge is 0.314 e. The molecule has 0 unspecified atom stereocenters. The van der Waals surface area contributed by atoms with Crippen molar-refractivity contribution in [1.82, 2.24) is 10.3 Å². The molecule has 0 atom stereocenters. The maximum absolute atomic E-state index is 11.4. The average Bonchev–Trinajstić information content (AvgIpc) is 2.29. The molecule has 0 aliphatic carbocycles. The summed E-state index contributed by atoms with van der Waals surface area (Å²) in [5.41, 5.74) is 2.73. The van der Waals surface area contributed by atoms with Crippen LogP contribution < -0.4 is 10.6 Å². The summed E-state index contributed by atoms with van der Waals surface area (Å²) in [6.45, 7) is 5.90. The van der Waals surface area contributed by atoms with Gasteiger partial charge in [0.2, 0.25) is 0 Å². The average molecular weight is 219 g/mol. The predicted molar refractivity (Wildman–Crippen MR) is 65.2 cm³/mol. The van der Waals surface area contributed by atoms with Gasteiger partial charge in [-0.15, -0.1) is 0 Å². The Labute approximate surface area is 95.8 Å². The second-order valence-electron chi connectivity index (χ2n) is 3.63. The Morgan fingerprint density at radius 3 is 2.81 bits per heavy atom. The number of nitrogens with zero attached hydrogens (tertiary/aromatic N) is 1. The highest BCUT2D eigenvalue weighted by atomic mass is 16.2. The first-order valence-electron chi connectivity index (χ1n) is 5.27. The van der Waals surface area contributed by atoms with Gasteiger partial charge in [-0.05, 0) is 32.4 Å². The van der Waals surface area contributed by atoms with Crippen molar-refractivity contribution in [2.75, 3.05) is 5.32 Å². The first-order chi connectivity index (χ1) is 7.61. The molecular weight excluding hydrogens is 202 g/mol. The fourth-order valence-corrected chi connectivity index (χ4v) is 1.000. The molecule has 1 rings (SSSR count). The van der Waals surface area contributed by atoms with E-state index in [0.29, 0.717) is 5.69 Å². The van der Waals surface area contributed by atoms with Crippen LogP contribution in [0.2, 0.25) is 0 Å². The SMILES string of the molecule is CC/C(C)=C/NC(=O)Nc1ccc(C)nc1. The van der Waals surface area contributed by atoms with Gasteiger partial charge in [-0.2, -0.15) is 0 Å². The molecule has 2 amide bonds. The lowest BCUT2D eigenvalue weighted by Crippen LogP contribution is -2.24. The summed E-state index contributed by atoms with van der Waals surface area (Å²) >= 11 is 0. The standard InChI is InChI=1S/C12H17N3O/c1-4-9(2)7-14-12(16)15-11-6-5-10(3)13-8-11/h5-8H,4H2,1-3H3,(H2,14,15,16)/b9-7+. The summed E-state index contributed by atoms with van der Waals surface area (Å²) in [4.78, 5) is 15.5. The Kier molecular flexibility index (Phi) is 4.51. The number of carbonyl (C=O) groups is 1. The van der Waals surface area contributed by atoms with Crippen LogP contribution in [0.4, 0.5) is 10.5 Å². The molecule has 0 aliphatic heterocycles. The van der Waals surface area contributed by atoms with Crippen LogP contribution in [0.25, 0.3) is 0 Å². The minimum atomic E-state index is -0.251. The lowest BCUT2D eigenvalue weighted by Gasteiger charge is -2.05. The van der Waals surface area contributed by atoms with E-state index in [4.69, 9.17) is 0 Å². The summed E-state index contributed by atoms with van der Waals surface area (Å²) in [6.07, 6.45) is 4.26. The maximum Gasteiger partial charge on any atom is 0.323 e. The molecule has 0 bridgehead atoms. The maximum atomic E-state index is 11.4. The molecule has 1 aromatic rings. The third kappa shape index (κ3) is 4.13. The van der Waals surface area contributed by atoms with E-state index in [0.717, 1.165) is 17.7 Å². The highest BCUT2D eigenvalue weighted by molar-refractivity contribution is 5.89. The van der Waals surface area contributed by atoms with E-state index >= 15 is 0 Å². The molecule has 0 saturated heterocycles. The summed E-state index contributed by atoms with van der Waals surface area (Å²) < 4.78 is 0. The zero-order valence-electron chi connectivity index (χ0n) is 9.87. The van der Waals surface area contributed by atoms with Crippen LogP contribution in [0.5, 0.6) is 0 Å². The summed E-state index contributed by atoms with van der Waals surface area (Å²) in [5.74, 6) is 0. The van der Waals surface area contributed by atoms with E-state index < -0.39 is 0 Å². The van der Waals surface area contributed by atoms with Crippen molar-refractivity contribution in [2.45, 2.75) is 27.2 Å². The Hall–Kier alpha value is -1.84. The van der Waals surface area contributed by atoms with Crippen LogP contribution in [0.1, 0.15) is 26.0 Å². The quantitative estimate of drug-likeness (QED) is 0.821. The molecule has 16 heavy (non-hydrogen) atoms. The monoisotopic (exact) mass is 219 g/mol. The minimum absolute atomic E-state index is 0.251. The van der Waals surface area contributed by atoms with Gasteiger partial charge in [0, 0.05) is 11.9 Å². The number of aromatic nitrogens is 1. The van der Waals surface area contributed by atoms with Crippen molar-refractivity contribution < 1.29 is 4.79 Å². The number of allylic oxidation sites excluding steroid dienone is 1. The highest BCUT2D eigenvalue weighted by Gasteiger charge is 1.99. The van der Waals surface area contributed by atoms with Gasteiger partial charge >= 0.3 is 6.03 Å². The Morgan fingerprint density at radius 1 is 1.50 bits per heavy atom. The molecule has 4 heteroatoms. The molecule has 0 aliphatic rings. The largest absolute Gasteiger partial charge is 0.323 e. The second kappa shape index (κ2) is 5.90. The van der Waals surface area contributed by atoms with Crippen LogP contribution in [0.3, 0.4) is 0 Å². The fraction of sp³-hybridized carbons (Fsp3) is 0.333. The molecule has 86 valence electrons.